The summed E-state index contributed by atoms with van der Waals surface area (Å²) >= 11 is 11.6. The number of nitrogens with two attached hydrogens (primary N) is 1. The monoisotopic (exact) mass is 282 g/mol. The summed E-state index contributed by atoms with van der Waals surface area (Å²) in [4.78, 5) is 7.82. The van der Waals surface area contributed by atoms with Crippen LogP contribution in [0.1, 0.15) is 5.56 Å². The molecule has 94 valence electrons. The molecule has 0 aliphatic heterocycles. The minimum absolute atomic E-state index is 0.263. The van der Waals surface area contributed by atoms with Gasteiger partial charge in [-0.15, -0.1) is 0 Å². The average Bonchev–Trinajstić information content (AvgIpc) is 2.37. The third-order valence-electron chi connectivity index (χ3n) is 2.45. The topological polar surface area (TPSA) is 63.8 Å². The summed E-state index contributed by atoms with van der Waals surface area (Å²) in [5.74, 6) is 0.559. The largest absolute Gasteiger partial charge is 0.393 e. The fourth-order valence-electron chi connectivity index (χ4n) is 1.49. The standard InChI is InChI=1S/C12H12Cl2N4/c13-9-3-1-8(2-4-9)5-6-16-12-10(15)11(14)17-7-18-12/h1-4,7H,5-6,15H2,(H,16,17,18). The molecule has 6 heteroatoms. The van der Waals surface area contributed by atoms with Gasteiger partial charge in [0, 0.05) is 11.6 Å². The normalized spacial score (nSPS) is 10.3. The molecular formula is C12H12Cl2N4. The van der Waals surface area contributed by atoms with Gasteiger partial charge >= 0.3 is 0 Å². The minimum Gasteiger partial charge on any atom is -0.393 e. The quantitative estimate of drug-likeness (QED) is 0.847. The van der Waals surface area contributed by atoms with Crippen molar-refractivity contribution in [2.24, 2.45) is 0 Å². The highest BCUT2D eigenvalue weighted by molar-refractivity contribution is 6.32. The van der Waals surface area contributed by atoms with Gasteiger partial charge in [-0.3, -0.25) is 0 Å². The first-order chi connectivity index (χ1) is 8.66. The van der Waals surface area contributed by atoms with E-state index in [2.05, 4.69) is 15.3 Å². The van der Waals surface area contributed by atoms with Crippen molar-refractivity contribution >= 4 is 34.7 Å². The first-order valence-electron chi connectivity index (χ1n) is 5.41. The molecule has 0 fully saturated rings. The molecule has 0 saturated carbocycles. The van der Waals surface area contributed by atoms with Gasteiger partial charge in [-0.2, -0.15) is 0 Å². The second-order valence-corrected chi connectivity index (χ2v) is 4.52. The summed E-state index contributed by atoms with van der Waals surface area (Å²) in [5.41, 5.74) is 7.30. The van der Waals surface area contributed by atoms with Gasteiger partial charge in [0.2, 0.25) is 0 Å². The number of anilines is 2. The number of aromatic nitrogens is 2. The van der Waals surface area contributed by atoms with E-state index < -0.39 is 0 Å². The zero-order chi connectivity index (χ0) is 13.0. The molecule has 0 aliphatic carbocycles. The van der Waals surface area contributed by atoms with Crippen LogP contribution in [0.15, 0.2) is 30.6 Å². The van der Waals surface area contributed by atoms with Crippen LogP contribution >= 0.6 is 23.2 Å². The molecule has 0 saturated heterocycles. The van der Waals surface area contributed by atoms with Crippen LogP contribution < -0.4 is 11.1 Å². The van der Waals surface area contributed by atoms with E-state index in [4.69, 9.17) is 28.9 Å². The van der Waals surface area contributed by atoms with E-state index in [9.17, 15) is 0 Å². The molecule has 3 N–H and O–H groups in total. The van der Waals surface area contributed by atoms with Crippen molar-refractivity contribution in [3.8, 4) is 0 Å². The first kappa shape index (κ1) is 12.9. The Morgan fingerprint density at radius 1 is 1.11 bits per heavy atom. The first-order valence-corrected chi connectivity index (χ1v) is 6.16. The van der Waals surface area contributed by atoms with Crippen molar-refractivity contribution in [2.75, 3.05) is 17.6 Å². The molecule has 0 spiro atoms. The van der Waals surface area contributed by atoms with E-state index >= 15 is 0 Å². The van der Waals surface area contributed by atoms with Gasteiger partial charge in [0.05, 0.1) is 0 Å². The zero-order valence-corrected chi connectivity index (χ0v) is 11.0. The Labute approximate surface area is 115 Å². The summed E-state index contributed by atoms with van der Waals surface area (Å²) in [5, 5.41) is 4.12. The Morgan fingerprint density at radius 2 is 1.83 bits per heavy atom. The SMILES string of the molecule is Nc1c(Cl)ncnc1NCCc1ccc(Cl)cc1. The van der Waals surface area contributed by atoms with Gasteiger partial charge in [-0.1, -0.05) is 35.3 Å². The Morgan fingerprint density at radius 3 is 2.56 bits per heavy atom. The summed E-state index contributed by atoms with van der Waals surface area (Å²) in [6.45, 7) is 0.708. The zero-order valence-electron chi connectivity index (χ0n) is 9.53. The number of benzene rings is 1. The maximum Gasteiger partial charge on any atom is 0.157 e. The van der Waals surface area contributed by atoms with Crippen LogP contribution in [0.25, 0.3) is 0 Å². The van der Waals surface area contributed by atoms with E-state index in [1.165, 1.54) is 11.9 Å². The van der Waals surface area contributed by atoms with Gasteiger partial charge in [-0.05, 0) is 24.1 Å². The molecule has 0 atom stereocenters. The molecule has 1 aromatic heterocycles. The summed E-state index contributed by atoms with van der Waals surface area (Å²) in [6.07, 6.45) is 2.22. The maximum atomic E-state index is 5.82. The van der Waals surface area contributed by atoms with Crippen molar-refractivity contribution < 1.29 is 0 Å². The number of halogens is 2. The Bertz CT molecular complexity index is 528. The van der Waals surface area contributed by atoms with Crippen molar-refractivity contribution in [1.29, 1.82) is 0 Å². The number of rotatable bonds is 4. The second-order valence-electron chi connectivity index (χ2n) is 3.73. The van der Waals surface area contributed by atoms with Crippen molar-refractivity contribution in [2.45, 2.75) is 6.42 Å². The highest BCUT2D eigenvalue weighted by Gasteiger charge is 2.04. The average molecular weight is 283 g/mol. The maximum absolute atomic E-state index is 5.82. The second kappa shape index (κ2) is 5.89. The molecule has 1 aromatic carbocycles. The van der Waals surface area contributed by atoms with Crippen molar-refractivity contribution in [1.82, 2.24) is 9.97 Å². The summed E-state index contributed by atoms with van der Waals surface area (Å²) in [6, 6.07) is 7.71. The molecule has 2 aromatic rings. The van der Waals surface area contributed by atoms with E-state index in [0.29, 0.717) is 18.1 Å². The molecule has 0 aliphatic rings. The van der Waals surface area contributed by atoms with Crippen LogP contribution in [0.4, 0.5) is 11.5 Å². The van der Waals surface area contributed by atoms with E-state index in [1.54, 1.807) is 0 Å². The Hall–Kier alpha value is -1.52. The number of hydrogen-bond acceptors (Lipinski definition) is 4. The van der Waals surface area contributed by atoms with Crippen LogP contribution in [-0.2, 0) is 6.42 Å². The lowest BCUT2D eigenvalue weighted by molar-refractivity contribution is 1.00. The van der Waals surface area contributed by atoms with Crippen molar-refractivity contribution in [3.63, 3.8) is 0 Å². The lowest BCUT2D eigenvalue weighted by Gasteiger charge is -2.08. The molecule has 1 heterocycles. The van der Waals surface area contributed by atoms with E-state index in [0.717, 1.165) is 11.4 Å². The van der Waals surface area contributed by atoms with Gasteiger partial charge in [0.15, 0.2) is 11.0 Å². The molecular weight excluding hydrogens is 271 g/mol. The molecule has 0 unspecified atom stereocenters. The molecule has 0 bridgehead atoms. The van der Waals surface area contributed by atoms with Crippen LogP contribution in [0.3, 0.4) is 0 Å². The van der Waals surface area contributed by atoms with Crippen LogP contribution in [0.5, 0.6) is 0 Å². The number of hydrogen-bond donors (Lipinski definition) is 2. The summed E-state index contributed by atoms with van der Waals surface area (Å²) in [7, 11) is 0. The van der Waals surface area contributed by atoms with Crippen LogP contribution in [0, 0.1) is 0 Å². The number of nitrogens with one attached hydrogen (secondary N) is 1. The fraction of sp³-hybridized carbons (Fsp3) is 0.167. The van der Waals surface area contributed by atoms with E-state index in [1.807, 2.05) is 24.3 Å². The third kappa shape index (κ3) is 3.24. The minimum atomic E-state index is 0.263. The molecule has 18 heavy (non-hydrogen) atoms. The lowest BCUT2D eigenvalue weighted by atomic mass is 10.1. The molecule has 0 amide bonds. The molecule has 0 radical (unpaired) electrons. The predicted molar refractivity (Wildman–Crippen MR) is 75.1 cm³/mol. The predicted octanol–water partition coefficient (Wildman–Crippen LogP) is 3.02. The fourth-order valence-corrected chi connectivity index (χ4v) is 1.75. The van der Waals surface area contributed by atoms with E-state index in [-0.39, 0.29) is 5.15 Å². The van der Waals surface area contributed by atoms with Gasteiger partial charge in [0.1, 0.15) is 12.0 Å². The van der Waals surface area contributed by atoms with Crippen LogP contribution in [-0.4, -0.2) is 16.5 Å². The number of nitrogen functional groups attached to an aromatic ring is 1. The lowest BCUT2D eigenvalue weighted by Crippen LogP contribution is -2.09. The Kier molecular flexibility index (Phi) is 4.23. The third-order valence-corrected chi connectivity index (χ3v) is 3.01. The highest BCUT2D eigenvalue weighted by Crippen LogP contribution is 2.21. The number of nitrogens with zero attached hydrogens (tertiary/aromatic N) is 2. The molecule has 2 rings (SSSR count). The Balaban J connectivity index is 1.92. The van der Waals surface area contributed by atoms with Gasteiger partial charge < -0.3 is 11.1 Å². The summed E-state index contributed by atoms with van der Waals surface area (Å²) < 4.78 is 0. The van der Waals surface area contributed by atoms with Gasteiger partial charge in [0.25, 0.3) is 0 Å². The smallest absolute Gasteiger partial charge is 0.157 e. The highest BCUT2D eigenvalue weighted by atomic mass is 35.5. The van der Waals surface area contributed by atoms with Crippen LogP contribution in [0.2, 0.25) is 10.2 Å². The molecule has 4 nitrogen and oxygen atoms in total. The van der Waals surface area contributed by atoms with Gasteiger partial charge in [-0.25, -0.2) is 9.97 Å². The van der Waals surface area contributed by atoms with Crippen molar-refractivity contribution in [3.05, 3.63) is 46.3 Å².